The third-order valence-electron chi connectivity index (χ3n) is 6.22. The van der Waals surface area contributed by atoms with Crippen molar-refractivity contribution in [2.45, 2.75) is 19.3 Å². The number of halogens is 2. The van der Waals surface area contributed by atoms with E-state index in [1.165, 1.54) is 25.4 Å². The number of pyridine rings is 3. The minimum absolute atomic E-state index is 0.186. The van der Waals surface area contributed by atoms with Gasteiger partial charge in [-0.15, -0.1) is 0 Å². The molecule has 4 N–H and O–H groups in total. The van der Waals surface area contributed by atoms with Crippen molar-refractivity contribution in [2.24, 2.45) is 0 Å². The highest BCUT2D eigenvalue weighted by molar-refractivity contribution is 7.80. The number of nitrogens with one attached hydrogen (secondary N) is 4. The highest BCUT2D eigenvalue weighted by Gasteiger charge is 2.20. The number of hydrazine groups is 1. The number of thiocarbonyl (C=S) groups is 1. The number of aryl methyl sites for hydroxylation is 1. The fraction of sp³-hybridized carbons (Fsp3) is 0.148. The molecule has 0 unspecified atom stereocenters. The monoisotopic (exact) mass is 563 g/mol. The minimum Gasteiger partial charge on any atom is -0.480 e. The molecule has 1 amide bonds. The molecule has 5 rings (SSSR count). The Labute approximate surface area is 234 Å². The first-order valence-electron chi connectivity index (χ1n) is 11.9. The van der Waals surface area contributed by atoms with Gasteiger partial charge in [-0.25, -0.2) is 19.3 Å². The van der Waals surface area contributed by atoms with Gasteiger partial charge in [0.05, 0.1) is 17.7 Å². The first-order valence-corrected chi connectivity index (χ1v) is 12.7. The quantitative estimate of drug-likeness (QED) is 0.192. The Hall–Kier alpha value is -4.35. The number of fused-ring (bicyclic) bond motifs is 2. The van der Waals surface area contributed by atoms with Gasteiger partial charge in [-0.1, -0.05) is 23.7 Å². The van der Waals surface area contributed by atoms with Crippen LogP contribution in [0.3, 0.4) is 0 Å². The van der Waals surface area contributed by atoms with Gasteiger partial charge in [0.2, 0.25) is 5.88 Å². The maximum Gasteiger partial charge on any atom is 0.257 e. The molecule has 1 aliphatic rings. The molecular weight excluding hydrogens is 541 g/mol. The summed E-state index contributed by atoms with van der Waals surface area (Å²) in [7, 11) is 1.47. The summed E-state index contributed by atoms with van der Waals surface area (Å²) in [5.74, 6) is 0.523. The predicted molar refractivity (Wildman–Crippen MR) is 152 cm³/mol. The average molecular weight is 564 g/mol. The van der Waals surface area contributed by atoms with Crippen molar-refractivity contribution < 1.29 is 13.9 Å². The van der Waals surface area contributed by atoms with E-state index in [-0.39, 0.29) is 33.2 Å². The Bertz CT molecular complexity index is 1570. The number of carbonyl (C=O) groups is 1. The van der Waals surface area contributed by atoms with Gasteiger partial charge in [-0.2, -0.15) is 0 Å². The van der Waals surface area contributed by atoms with Crippen LogP contribution in [0.2, 0.25) is 5.02 Å². The summed E-state index contributed by atoms with van der Waals surface area (Å²) in [4.78, 5) is 25.4. The van der Waals surface area contributed by atoms with Gasteiger partial charge in [0, 0.05) is 30.6 Å². The van der Waals surface area contributed by atoms with Gasteiger partial charge >= 0.3 is 0 Å². The van der Waals surface area contributed by atoms with E-state index in [0.717, 1.165) is 22.3 Å². The molecule has 0 saturated heterocycles. The second-order valence-electron chi connectivity index (χ2n) is 8.62. The van der Waals surface area contributed by atoms with Gasteiger partial charge in [0.15, 0.2) is 10.9 Å². The molecule has 0 atom stereocenters. The molecule has 9 nitrogen and oxygen atoms in total. The van der Waals surface area contributed by atoms with Crippen LogP contribution in [0.15, 0.2) is 61.1 Å². The molecule has 0 spiro atoms. The van der Waals surface area contributed by atoms with E-state index in [1.54, 1.807) is 30.6 Å². The molecule has 0 saturated carbocycles. The van der Waals surface area contributed by atoms with Crippen molar-refractivity contribution in [1.82, 2.24) is 20.4 Å². The summed E-state index contributed by atoms with van der Waals surface area (Å²) in [6.45, 7) is 0. The van der Waals surface area contributed by atoms with Gasteiger partial charge < -0.3 is 15.4 Å². The summed E-state index contributed by atoms with van der Waals surface area (Å²) in [5, 5.41) is 6.24. The molecule has 3 aromatic heterocycles. The topological polar surface area (TPSA) is 113 Å². The fourth-order valence-corrected chi connectivity index (χ4v) is 4.68. The zero-order valence-electron chi connectivity index (χ0n) is 20.7. The Morgan fingerprint density at radius 1 is 1.00 bits per heavy atom. The average Bonchev–Trinajstić information content (AvgIpc) is 3.13. The molecule has 0 bridgehead atoms. The Balaban J connectivity index is 1.23. The maximum atomic E-state index is 14.4. The molecule has 12 heteroatoms. The number of nitrogens with zero attached hydrogens (tertiary/aromatic N) is 3. The summed E-state index contributed by atoms with van der Waals surface area (Å²) in [6, 6.07) is 11.9. The molecule has 1 aromatic carbocycles. The smallest absolute Gasteiger partial charge is 0.257 e. The van der Waals surface area contributed by atoms with Crippen LogP contribution < -0.4 is 26.2 Å². The van der Waals surface area contributed by atoms with Crippen LogP contribution in [0.4, 0.5) is 21.7 Å². The van der Waals surface area contributed by atoms with E-state index in [1.807, 2.05) is 12.1 Å². The molecule has 0 fully saturated rings. The fourth-order valence-electron chi connectivity index (χ4n) is 4.32. The number of ether oxygens (including phenoxy) is 1. The minimum atomic E-state index is -0.426. The number of amides is 1. The molecule has 0 aliphatic heterocycles. The van der Waals surface area contributed by atoms with E-state index >= 15 is 0 Å². The van der Waals surface area contributed by atoms with Crippen LogP contribution >= 0.6 is 23.8 Å². The number of rotatable bonds is 6. The third-order valence-corrected chi connectivity index (χ3v) is 6.71. The van der Waals surface area contributed by atoms with E-state index in [2.05, 4.69) is 36.4 Å². The number of anilines is 3. The lowest BCUT2D eigenvalue weighted by atomic mass is 10.0. The first-order chi connectivity index (χ1) is 18.9. The van der Waals surface area contributed by atoms with Crippen LogP contribution in [-0.2, 0) is 19.3 Å². The molecule has 1 aliphatic carbocycles. The van der Waals surface area contributed by atoms with E-state index in [0.29, 0.717) is 30.8 Å². The van der Waals surface area contributed by atoms with Gasteiger partial charge in [0.1, 0.15) is 17.3 Å². The molecular formula is C27H23ClFN7O2S. The predicted octanol–water partition coefficient (Wildman–Crippen LogP) is 4.93. The van der Waals surface area contributed by atoms with Crippen molar-refractivity contribution in [1.29, 1.82) is 0 Å². The number of aromatic nitrogens is 3. The van der Waals surface area contributed by atoms with Gasteiger partial charge in [-0.3, -0.25) is 15.6 Å². The number of hydrogen-bond acceptors (Lipinski definition) is 7. The highest BCUT2D eigenvalue weighted by atomic mass is 35.5. The zero-order valence-corrected chi connectivity index (χ0v) is 22.3. The molecule has 39 heavy (non-hydrogen) atoms. The lowest BCUT2D eigenvalue weighted by Crippen LogP contribution is -2.34. The van der Waals surface area contributed by atoms with E-state index in [4.69, 9.17) is 28.6 Å². The number of methoxy groups -OCH3 is 1. The van der Waals surface area contributed by atoms with Crippen molar-refractivity contribution in [3.8, 4) is 5.88 Å². The molecule has 198 valence electrons. The standard InChI is InChI=1S/C27H23ClFN7O2S/c1-38-26-22(6-3-10-31-26)33-25(37)17-13-20(28)24(32-14-17)35-36-27(39)34-23-19-12-16-4-2-5-21(29)18(16)8-7-15(19)9-11-30-23/h2-6,9-11,13-14H,7-8,12H2,1H3,(H,32,35)(H,33,37)(H2,30,34,36,39). The van der Waals surface area contributed by atoms with Crippen LogP contribution in [0, 0.1) is 5.82 Å². The molecule has 4 aromatic rings. The van der Waals surface area contributed by atoms with Crippen LogP contribution in [0.5, 0.6) is 5.88 Å². The summed E-state index contributed by atoms with van der Waals surface area (Å²) in [5.41, 5.74) is 10.1. The number of benzene rings is 1. The van der Waals surface area contributed by atoms with Gasteiger partial charge in [-0.05, 0) is 72.1 Å². The lowest BCUT2D eigenvalue weighted by molar-refractivity contribution is 0.102. The van der Waals surface area contributed by atoms with E-state index in [9.17, 15) is 9.18 Å². The van der Waals surface area contributed by atoms with Gasteiger partial charge in [0.25, 0.3) is 5.91 Å². The van der Waals surface area contributed by atoms with Crippen molar-refractivity contribution in [3.05, 3.63) is 99.7 Å². The first kappa shape index (κ1) is 26.3. The van der Waals surface area contributed by atoms with Crippen molar-refractivity contribution >= 4 is 52.2 Å². The lowest BCUT2D eigenvalue weighted by Gasteiger charge is -2.16. The third kappa shape index (κ3) is 5.89. The van der Waals surface area contributed by atoms with Crippen molar-refractivity contribution in [3.63, 3.8) is 0 Å². The Kier molecular flexibility index (Phi) is 7.80. The summed E-state index contributed by atoms with van der Waals surface area (Å²) in [6.07, 6.45) is 6.50. The summed E-state index contributed by atoms with van der Waals surface area (Å²) < 4.78 is 19.5. The highest BCUT2D eigenvalue weighted by Crippen LogP contribution is 2.29. The normalized spacial score (nSPS) is 11.9. The van der Waals surface area contributed by atoms with E-state index < -0.39 is 5.91 Å². The SMILES string of the molecule is COc1ncccc1NC(=O)c1cnc(NNC(=S)Nc2nccc3c2Cc2cccc(F)c2CC3)c(Cl)c1. The Morgan fingerprint density at radius 2 is 1.87 bits per heavy atom. The Morgan fingerprint density at radius 3 is 2.69 bits per heavy atom. The molecule has 0 radical (unpaired) electrons. The second-order valence-corrected chi connectivity index (χ2v) is 9.44. The largest absolute Gasteiger partial charge is 0.480 e. The van der Waals surface area contributed by atoms with Crippen LogP contribution in [0.1, 0.15) is 32.6 Å². The number of hydrogen-bond donors (Lipinski definition) is 4. The van der Waals surface area contributed by atoms with Crippen molar-refractivity contribution in [2.75, 3.05) is 23.2 Å². The van der Waals surface area contributed by atoms with Crippen LogP contribution in [-0.4, -0.2) is 33.1 Å². The number of carbonyl (C=O) groups excluding carboxylic acids is 1. The maximum absolute atomic E-state index is 14.4. The summed E-state index contributed by atoms with van der Waals surface area (Å²) >= 11 is 11.8. The molecule has 3 heterocycles. The zero-order chi connectivity index (χ0) is 27.4. The van der Waals surface area contributed by atoms with Crippen LogP contribution in [0.25, 0.3) is 0 Å². The second kappa shape index (κ2) is 11.6.